The monoisotopic (exact) mass is 277 g/mol. The molecule has 1 atom stereocenters. The fraction of sp³-hybridized carbons (Fsp3) is 0.562. The van der Waals surface area contributed by atoms with Gasteiger partial charge in [0.15, 0.2) is 0 Å². The van der Waals surface area contributed by atoms with Crippen molar-refractivity contribution in [3.63, 3.8) is 0 Å². The van der Waals surface area contributed by atoms with E-state index in [-0.39, 0.29) is 0 Å². The van der Waals surface area contributed by atoms with Crippen LogP contribution in [0.1, 0.15) is 50.6 Å². The highest BCUT2D eigenvalue weighted by atomic mass is 16.5. The minimum absolute atomic E-state index is 0.306. The van der Waals surface area contributed by atoms with Crippen molar-refractivity contribution in [3.8, 4) is 5.75 Å². The molecule has 1 aliphatic carbocycles. The van der Waals surface area contributed by atoms with Gasteiger partial charge in [-0.2, -0.15) is 0 Å². The number of carbonyl (C=O) groups is 1. The van der Waals surface area contributed by atoms with Crippen LogP contribution in [0.5, 0.6) is 5.75 Å². The first-order chi connectivity index (χ1) is 9.70. The lowest BCUT2D eigenvalue weighted by Gasteiger charge is -2.26. The van der Waals surface area contributed by atoms with Crippen LogP contribution in [0.3, 0.4) is 0 Å². The zero-order valence-corrected chi connectivity index (χ0v) is 12.0. The second-order valence-electron chi connectivity index (χ2n) is 5.28. The second kappa shape index (κ2) is 7.29. The Balaban J connectivity index is 2.10. The maximum absolute atomic E-state index is 11.5. The Kier molecular flexibility index (Phi) is 5.41. The summed E-state index contributed by atoms with van der Waals surface area (Å²) >= 11 is 0. The van der Waals surface area contributed by atoms with Gasteiger partial charge in [0, 0.05) is 6.04 Å². The molecule has 0 radical (unpaired) electrons. The van der Waals surface area contributed by atoms with E-state index in [1.807, 2.05) is 31.2 Å². The van der Waals surface area contributed by atoms with Crippen molar-refractivity contribution in [1.29, 1.82) is 0 Å². The van der Waals surface area contributed by atoms with E-state index in [0.717, 1.165) is 24.2 Å². The standard InChI is InChI=1S/C16H23NO3/c1-2-20-14-10-6-7-12(11-14)15(16(18)19)17-13-8-4-3-5-9-13/h6-7,10-11,13,15,17H,2-5,8-9H2,1H3,(H,18,19). The average molecular weight is 277 g/mol. The van der Waals surface area contributed by atoms with Gasteiger partial charge >= 0.3 is 5.97 Å². The molecule has 0 bridgehead atoms. The van der Waals surface area contributed by atoms with Crippen molar-refractivity contribution in [2.75, 3.05) is 6.61 Å². The maximum atomic E-state index is 11.5. The number of hydrogen-bond acceptors (Lipinski definition) is 3. The van der Waals surface area contributed by atoms with Gasteiger partial charge in [0.1, 0.15) is 11.8 Å². The van der Waals surface area contributed by atoms with E-state index in [2.05, 4.69) is 5.32 Å². The molecule has 4 heteroatoms. The normalized spacial score (nSPS) is 17.6. The van der Waals surface area contributed by atoms with Gasteiger partial charge in [0.05, 0.1) is 6.61 Å². The van der Waals surface area contributed by atoms with Crippen molar-refractivity contribution in [3.05, 3.63) is 29.8 Å². The maximum Gasteiger partial charge on any atom is 0.325 e. The van der Waals surface area contributed by atoms with Crippen molar-refractivity contribution in [1.82, 2.24) is 5.32 Å². The largest absolute Gasteiger partial charge is 0.494 e. The number of rotatable bonds is 6. The third-order valence-electron chi connectivity index (χ3n) is 3.76. The number of benzene rings is 1. The van der Waals surface area contributed by atoms with Crippen molar-refractivity contribution >= 4 is 5.97 Å². The van der Waals surface area contributed by atoms with Crippen LogP contribution in [-0.2, 0) is 4.79 Å². The van der Waals surface area contributed by atoms with Gasteiger partial charge in [-0.15, -0.1) is 0 Å². The molecule has 0 aliphatic heterocycles. The minimum atomic E-state index is -0.829. The van der Waals surface area contributed by atoms with E-state index < -0.39 is 12.0 Å². The molecule has 0 saturated heterocycles. The summed E-state index contributed by atoms with van der Waals surface area (Å²) < 4.78 is 5.45. The number of hydrogen-bond donors (Lipinski definition) is 2. The number of carboxylic acid groups (broad SMARTS) is 1. The quantitative estimate of drug-likeness (QED) is 0.838. The molecule has 1 unspecified atom stereocenters. The molecule has 1 saturated carbocycles. The van der Waals surface area contributed by atoms with Crippen molar-refractivity contribution < 1.29 is 14.6 Å². The molecule has 0 aromatic heterocycles. The first-order valence-corrected chi connectivity index (χ1v) is 7.42. The Morgan fingerprint density at radius 2 is 2.15 bits per heavy atom. The van der Waals surface area contributed by atoms with Gasteiger partial charge < -0.3 is 9.84 Å². The number of ether oxygens (including phenoxy) is 1. The molecule has 20 heavy (non-hydrogen) atoms. The van der Waals surface area contributed by atoms with Crippen LogP contribution >= 0.6 is 0 Å². The van der Waals surface area contributed by atoms with Gasteiger partial charge in [-0.3, -0.25) is 10.1 Å². The highest BCUT2D eigenvalue weighted by Gasteiger charge is 2.24. The molecule has 2 rings (SSSR count). The summed E-state index contributed by atoms with van der Waals surface area (Å²) in [7, 11) is 0. The molecule has 1 aromatic rings. The fourth-order valence-electron chi connectivity index (χ4n) is 2.77. The summed E-state index contributed by atoms with van der Waals surface area (Å²) in [4.78, 5) is 11.5. The first-order valence-electron chi connectivity index (χ1n) is 7.42. The average Bonchev–Trinajstić information content (AvgIpc) is 2.46. The van der Waals surface area contributed by atoms with E-state index in [9.17, 15) is 9.90 Å². The Morgan fingerprint density at radius 1 is 1.40 bits per heavy atom. The lowest BCUT2D eigenvalue weighted by atomic mass is 9.94. The summed E-state index contributed by atoms with van der Waals surface area (Å²) in [5.74, 6) is -0.106. The molecule has 4 nitrogen and oxygen atoms in total. The van der Waals surface area contributed by atoms with Crippen molar-refractivity contribution in [2.24, 2.45) is 0 Å². The van der Waals surface area contributed by atoms with Gasteiger partial charge in [-0.25, -0.2) is 0 Å². The predicted octanol–water partition coefficient (Wildman–Crippen LogP) is 3.13. The Labute approximate surface area is 120 Å². The van der Waals surface area contributed by atoms with E-state index >= 15 is 0 Å². The summed E-state index contributed by atoms with van der Waals surface area (Å²) in [6, 6.07) is 7.01. The van der Waals surface area contributed by atoms with E-state index in [1.54, 1.807) is 0 Å². The molecule has 0 heterocycles. The molecule has 2 N–H and O–H groups in total. The summed E-state index contributed by atoms with van der Waals surface area (Å²) in [5, 5.41) is 12.8. The number of aliphatic carboxylic acids is 1. The lowest BCUT2D eigenvalue weighted by Crippen LogP contribution is -2.38. The van der Waals surface area contributed by atoms with E-state index in [4.69, 9.17) is 4.74 Å². The van der Waals surface area contributed by atoms with Gasteiger partial charge in [0.25, 0.3) is 0 Å². The van der Waals surface area contributed by atoms with Crippen LogP contribution in [0.15, 0.2) is 24.3 Å². The van der Waals surface area contributed by atoms with Gasteiger partial charge in [-0.05, 0) is 37.5 Å². The summed E-state index contributed by atoms with van der Waals surface area (Å²) in [5.41, 5.74) is 0.758. The van der Waals surface area contributed by atoms with Crippen LogP contribution in [0, 0.1) is 0 Å². The third-order valence-corrected chi connectivity index (χ3v) is 3.76. The zero-order valence-electron chi connectivity index (χ0n) is 12.0. The van der Waals surface area contributed by atoms with Gasteiger partial charge in [-0.1, -0.05) is 31.4 Å². The van der Waals surface area contributed by atoms with Crippen LogP contribution < -0.4 is 10.1 Å². The topological polar surface area (TPSA) is 58.6 Å². The Hall–Kier alpha value is -1.55. The fourth-order valence-corrected chi connectivity index (χ4v) is 2.77. The first kappa shape index (κ1) is 14.9. The SMILES string of the molecule is CCOc1cccc(C(NC2CCCCC2)C(=O)O)c1. The van der Waals surface area contributed by atoms with E-state index in [0.29, 0.717) is 12.6 Å². The molecule has 1 aromatic carbocycles. The summed E-state index contributed by atoms with van der Waals surface area (Å²) in [6.45, 7) is 2.50. The highest BCUT2D eigenvalue weighted by Crippen LogP contribution is 2.24. The van der Waals surface area contributed by atoms with E-state index in [1.165, 1.54) is 19.3 Å². The van der Waals surface area contributed by atoms with Gasteiger partial charge in [0.2, 0.25) is 0 Å². The highest BCUT2D eigenvalue weighted by molar-refractivity contribution is 5.75. The number of carboxylic acids is 1. The smallest absolute Gasteiger partial charge is 0.325 e. The summed E-state index contributed by atoms with van der Waals surface area (Å²) in [6.07, 6.45) is 5.76. The van der Waals surface area contributed by atoms with Crippen LogP contribution in [0.4, 0.5) is 0 Å². The van der Waals surface area contributed by atoms with Crippen LogP contribution in [0.25, 0.3) is 0 Å². The second-order valence-corrected chi connectivity index (χ2v) is 5.28. The van der Waals surface area contributed by atoms with Crippen molar-refractivity contribution in [2.45, 2.75) is 51.1 Å². The zero-order chi connectivity index (χ0) is 14.4. The molecular formula is C16H23NO3. The Bertz CT molecular complexity index is 441. The lowest BCUT2D eigenvalue weighted by molar-refractivity contribution is -0.140. The Morgan fingerprint density at radius 3 is 2.80 bits per heavy atom. The minimum Gasteiger partial charge on any atom is -0.494 e. The predicted molar refractivity (Wildman–Crippen MR) is 78.0 cm³/mol. The molecule has 0 spiro atoms. The van der Waals surface area contributed by atoms with Crippen LogP contribution in [0.2, 0.25) is 0 Å². The molecular weight excluding hydrogens is 254 g/mol. The number of nitrogens with one attached hydrogen (secondary N) is 1. The molecule has 1 fully saturated rings. The molecule has 110 valence electrons. The van der Waals surface area contributed by atoms with Crippen LogP contribution in [-0.4, -0.2) is 23.7 Å². The molecule has 0 amide bonds. The third kappa shape index (κ3) is 3.97. The molecule has 1 aliphatic rings.